The summed E-state index contributed by atoms with van der Waals surface area (Å²) in [6, 6.07) is 19.8. The molecular formula is C31H30BrNSi. The van der Waals surface area contributed by atoms with Crippen LogP contribution in [0.4, 0.5) is 5.69 Å². The summed E-state index contributed by atoms with van der Waals surface area (Å²) in [4.78, 5) is 2.47. The molecule has 0 saturated heterocycles. The maximum Gasteiger partial charge on any atom is 0.0931 e. The van der Waals surface area contributed by atoms with Gasteiger partial charge in [0.15, 0.2) is 0 Å². The molecule has 1 aliphatic heterocycles. The standard InChI is InChI=1S/C31H30BrNSi/c1-19-17-25-26(31(19)34(4,5)28-16-15-22-11-9-10-14-24(22)28)18-27-29(30(25)32)20(2)21(3)33(27)23-12-7-6-8-13-23/h6-18,28-29H,1-5H3. The number of halogens is 1. The van der Waals surface area contributed by atoms with Crippen LogP contribution in [0.3, 0.4) is 0 Å². The first-order chi connectivity index (χ1) is 16.3. The number of anilines is 1. The lowest BCUT2D eigenvalue weighted by molar-refractivity contribution is 0.885. The summed E-state index contributed by atoms with van der Waals surface area (Å²) in [5.74, 6) is 0.291. The smallest absolute Gasteiger partial charge is 0.0931 e. The number of hydrogen-bond acceptors (Lipinski definition) is 1. The molecule has 2 aromatic rings. The molecule has 0 saturated carbocycles. The van der Waals surface area contributed by atoms with Gasteiger partial charge in [-0.3, -0.25) is 0 Å². The van der Waals surface area contributed by atoms with Crippen LogP contribution < -0.4 is 4.90 Å². The average Bonchev–Trinajstić information content (AvgIpc) is 3.48. The molecule has 6 rings (SSSR count). The first-order valence-electron chi connectivity index (χ1n) is 12.2. The highest BCUT2D eigenvalue weighted by Gasteiger charge is 2.45. The van der Waals surface area contributed by atoms with Crippen LogP contribution in [0, 0.1) is 5.92 Å². The second kappa shape index (κ2) is 7.69. The van der Waals surface area contributed by atoms with E-state index in [9.17, 15) is 0 Å². The lowest BCUT2D eigenvalue weighted by Gasteiger charge is -2.34. The summed E-state index contributed by atoms with van der Waals surface area (Å²) in [7, 11) is -1.88. The van der Waals surface area contributed by atoms with Crippen molar-refractivity contribution in [3.05, 3.63) is 127 Å². The molecule has 170 valence electrons. The minimum Gasteiger partial charge on any atom is -0.317 e. The second-order valence-corrected chi connectivity index (χ2v) is 15.9. The van der Waals surface area contributed by atoms with Crippen molar-refractivity contribution < 1.29 is 0 Å². The molecule has 0 aromatic heterocycles. The van der Waals surface area contributed by atoms with Gasteiger partial charge in [-0.1, -0.05) is 95.3 Å². The lowest BCUT2D eigenvalue weighted by atomic mass is 9.88. The van der Waals surface area contributed by atoms with E-state index in [1.807, 2.05) is 0 Å². The van der Waals surface area contributed by atoms with Crippen molar-refractivity contribution in [3.8, 4) is 0 Å². The van der Waals surface area contributed by atoms with Crippen LogP contribution in [0.1, 0.15) is 37.4 Å². The molecule has 0 fully saturated rings. The van der Waals surface area contributed by atoms with Gasteiger partial charge in [0.2, 0.25) is 0 Å². The fourth-order valence-corrected chi connectivity index (χ4v) is 11.4. The van der Waals surface area contributed by atoms with Crippen molar-refractivity contribution in [1.29, 1.82) is 0 Å². The number of nitrogens with zero attached hydrogens (tertiary/aromatic N) is 1. The summed E-state index contributed by atoms with van der Waals surface area (Å²) in [6.07, 6.45) is 9.75. The third-order valence-corrected chi connectivity index (χ3v) is 13.1. The Bertz CT molecular complexity index is 1410. The van der Waals surface area contributed by atoms with Gasteiger partial charge < -0.3 is 4.90 Å². The average molecular weight is 525 g/mol. The maximum absolute atomic E-state index is 4.10. The normalized spacial score (nSPS) is 23.4. The molecule has 1 nitrogen and oxygen atoms in total. The van der Waals surface area contributed by atoms with Crippen molar-refractivity contribution in [2.24, 2.45) is 5.92 Å². The minimum absolute atomic E-state index is 0.291. The molecule has 3 heteroatoms. The highest BCUT2D eigenvalue weighted by molar-refractivity contribution is 9.11. The molecule has 0 N–H and O–H groups in total. The Balaban J connectivity index is 1.53. The van der Waals surface area contributed by atoms with E-state index < -0.39 is 8.07 Å². The summed E-state index contributed by atoms with van der Waals surface area (Å²) in [6.45, 7) is 12.0. The van der Waals surface area contributed by atoms with Gasteiger partial charge in [-0.2, -0.15) is 0 Å². The van der Waals surface area contributed by atoms with Gasteiger partial charge >= 0.3 is 0 Å². The highest BCUT2D eigenvalue weighted by atomic mass is 79.9. The molecule has 34 heavy (non-hydrogen) atoms. The van der Waals surface area contributed by atoms with Crippen molar-refractivity contribution >= 4 is 35.8 Å². The molecule has 2 unspecified atom stereocenters. The zero-order chi connectivity index (χ0) is 23.8. The molecule has 3 aliphatic carbocycles. The number of rotatable bonds is 3. The zero-order valence-electron chi connectivity index (χ0n) is 20.5. The number of allylic oxidation sites excluding steroid dienone is 9. The summed E-state index contributed by atoms with van der Waals surface area (Å²) in [5.41, 5.74) is 13.0. The number of para-hydroxylation sites is 1. The number of benzene rings is 2. The predicted octanol–water partition coefficient (Wildman–Crippen LogP) is 8.82. The van der Waals surface area contributed by atoms with Crippen molar-refractivity contribution in [3.63, 3.8) is 0 Å². The Hall–Kier alpha value is -2.62. The van der Waals surface area contributed by atoms with Crippen LogP contribution in [0.5, 0.6) is 0 Å². The van der Waals surface area contributed by atoms with Crippen LogP contribution in [0.25, 0.3) is 6.08 Å². The molecule has 2 aromatic carbocycles. The zero-order valence-corrected chi connectivity index (χ0v) is 23.1. The van der Waals surface area contributed by atoms with E-state index in [-0.39, 0.29) is 0 Å². The molecule has 0 spiro atoms. The van der Waals surface area contributed by atoms with E-state index in [0.717, 1.165) is 0 Å². The van der Waals surface area contributed by atoms with E-state index in [1.54, 1.807) is 5.20 Å². The van der Waals surface area contributed by atoms with Crippen LogP contribution in [-0.2, 0) is 0 Å². The van der Waals surface area contributed by atoms with Crippen LogP contribution in [0.2, 0.25) is 13.1 Å². The van der Waals surface area contributed by atoms with E-state index >= 15 is 0 Å². The first kappa shape index (κ1) is 21.9. The lowest BCUT2D eigenvalue weighted by Crippen LogP contribution is -2.37. The van der Waals surface area contributed by atoms with Gasteiger partial charge in [-0.25, -0.2) is 0 Å². The summed E-state index contributed by atoms with van der Waals surface area (Å²) < 4.78 is 1.32. The molecule has 0 bridgehead atoms. The van der Waals surface area contributed by atoms with Crippen LogP contribution in [0.15, 0.2) is 116 Å². The van der Waals surface area contributed by atoms with Crippen LogP contribution in [-0.4, -0.2) is 8.07 Å². The highest BCUT2D eigenvalue weighted by Crippen LogP contribution is 2.55. The fraction of sp³-hybridized carbons (Fsp3) is 0.226. The van der Waals surface area contributed by atoms with E-state index in [0.29, 0.717) is 11.5 Å². The topological polar surface area (TPSA) is 3.24 Å². The summed E-state index contributed by atoms with van der Waals surface area (Å²) in [5, 5.41) is 1.60. The van der Waals surface area contributed by atoms with Gasteiger partial charge in [-0.05, 0) is 72.0 Å². The first-order valence-corrected chi connectivity index (χ1v) is 16.0. The van der Waals surface area contributed by atoms with Gasteiger partial charge in [0, 0.05) is 27.1 Å². The molecule has 1 heterocycles. The Morgan fingerprint density at radius 3 is 2.32 bits per heavy atom. The Kier molecular flexibility index (Phi) is 4.95. The Morgan fingerprint density at radius 1 is 0.853 bits per heavy atom. The second-order valence-electron chi connectivity index (χ2n) is 10.5. The van der Waals surface area contributed by atoms with Crippen molar-refractivity contribution in [1.82, 2.24) is 0 Å². The molecule has 0 amide bonds. The summed E-state index contributed by atoms with van der Waals surface area (Å²) >= 11 is 4.10. The largest absolute Gasteiger partial charge is 0.317 e. The third kappa shape index (κ3) is 2.96. The van der Waals surface area contributed by atoms with Crippen LogP contribution >= 0.6 is 15.9 Å². The number of fused-ring (bicyclic) bond motifs is 3. The third-order valence-electron chi connectivity index (χ3n) is 8.25. The van der Waals surface area contributed by atoms with Gasteiger partial charge in [-0.15, -0.1) is 0 Å². The molecule has 4 aliphatic rings. The molecular weight excluding hydrogens is 494 g/mol. The van der Waals surface area contributed by atoms with Crippen molar-refractivity contribution in [2.45, 2.75) is 39.4 Å². The molecule has 0 radical (unpaired) electrons. The van der Waals surface area contributed by atoms with Gasteiger partial charge in [0.25, 0.3) is 0 Å². The SMILES string of the molecule is CC1=CC2=C(Br)C3C(=CC2=C1[Si](C)(C)C1C=Cc2ccccc21)N(c1ccccc1)C(C)=C3C. The van der Waals surface area contributed by atoms with Crippen molar-refractivity contribution in [2.75, 3.05) is 4.90 Å². The predicted molar refractivity (Wildman–Crippen MR) is 151 cm³/mol. The Labute approximate surface area is 212 Å². The molecule has 2 atom stereocenters. The Morgan fingerprint density at radius 2 is 1.56 bits per heavy atom. The maximum atomic E-state index is 4.10. The monoisotopic (exact) mass is 523 g/mol. The fourth-order valence-electron chi connectivity index (χ4n) is 6.57. The van der Waals surface area contributed by atoms with E-state index in [1.165, 1.54) is 55.0 Å². The van der Waals surface area contributed by atoms with Gasteiger partial charge in [0.1, 0.15) is 0 Å². The van der Waals surface area contributed by atoms with E-state index in [4.69, 9.17) is 0 Å². The minimum atomic E-state index is -1.88. The van der Waals surface area contributed by atoms with E-state index in [2.05, 4.69) is 134 Å². The quantitative estimate of drug-likeness (QED) is 0.363. The van der Waals surface area contributed by atoms with Gasteiger partial charge in [0.05, 0.1) is 14.0 Å². The number of hydrogen-bond donors (Lipinski definition) is 0.